The zero-order valence-electron chi connectivity index (χ0n) is 23.2. The molecule has 0 bridgehead atoms. The van der Waals surface area contributed by atoms with E-state index in [0.29, 0.717) is 6.54 Å². The van der Waals surface area contributed by atoms with E-state index in [4.69, 9.17) is 23.2 Å². The van der Waals surface area contributed by atoms with E-state index in [-0.39, 0.29) is 33.1 Å². The topological polar surface area (TPSA) is 86.8 Å². The van der Waals surface area contributed by atoms with Gasteiger partial charge in [-0.3, -0.25) is 13.9 Å². The zero-order chi connectivity index (χ0) is 29.4. The Morgan fingerprint density at radius 3 is 2.00 bits per heavy atom. The first kappa shape index (κ1) is 31.5. The quantitative estimate of drug-likeness (QED) is 0.252. The van der Waals surface area contributed by atoms with E-state index in [1.165, 1.54) is 35.2 Å². The van der Waals surface area contributed by atoms with Crippen LogP contribution in [0.5, 0.6) is 0 Å². The van der Waals surface area contributed by atoms with Gasteiger partial charge in [-0.2, -0.15) is 0 Å². The minimum absolute atomic E-state index is 0.0115. The van der Waals surface area contributed by atoms with Crippen molar-refractivity contribution in [3.8, 4) is 0 Å². The van der Waals surface area contributed by atoms with Gasteiger partial charge in [0.25, 0.3) is 10.0 Å². The van der Waals surface area contributed by atoms with Crippen LogP contribution in [-0.2, 0) is 26.2 Å². The highest BCUT2D eigenvalue weighted by Crippen LogP contribution is 2.30. The Labute approximate surface area is 247 Å². The fourth-order valence-electron chi connectivity index (χ4n) is 4.06. The van der Waals surface area contributed by atoms with E-state index >= 15 is 0 Å². The summed E-state index contributed by atoms with van der Waals surface area (Å²) in [5.74, 6) is -0.863. The predicted octanol–water partition coefficient (Wildman–Crippen LogP) is 6.14. The van der Waals surface area contributed by atoms with Crippen LogP contribution in [0, 0.1) is 13.8 Å². The van der Waals surface area contributed by atoms with E-state index < -0.39 is 28.5 Å². The molecule has 7 nitrogen and oxygen atoms in total. The van der Waals surface area contributed by atoms with Crippen molar-refractivity contribution in [2.75, 3.05) is 17.4 Å². The number of anilines is 1. The summed E-state index contributed by atoms with van der Waals surface area (Å²) < 4.78 is 28.8. The summed E-state index contributed by atoms with van der Waals surface area (Å²) in [4.78, 5) is 28.4. The summed E-state index contributed by atoms with van der Waals surface area (Å²) in [6.07, 6.45) is 1.72. The molecule has 3 aromatic carbocycles. The molecule has 1 N–H and O–H groups in total. The Balaban J connectivity index is 2.03. The van der Waals surface area contributed by atoms with Crippen LogP contribution in [0.1, 0.15) is 43.4 Å². The zero-order valence-corrected chi connectivity index (χ0v) is 25.5. The number of carbonyl (C=O) groups excluding carboxylic acids is 2. The number of halogens is 2. The highest BCUT2D eigenvalue weighted by molar-refractivity contribution is 7.92. The molecule has 10 heteroatoms. The number of hydrogen-bond acceptors (Lipinski definition) is 4. The maximum atomic E-state index is 13.9. The number of sulfonamides is 1. The van der Waals surface area contributed by atoms with Crippen molar-refractivity contribution >= 4 is 50.7 Å². The van der Waals surface area contributed by atoms with E-state index in [1.807, 2.05) is 45.0 Å². The minimum Gasteiger partial charge on any atom is -0.354 e. The fourth-order valence-corrected chi connectivity index (χ4v) is 5.97. The van der Waals surface area contributed by atoms with Crippen LogP contribution in [0.3, 0.4) is 0 Å². The van der Waals surface area contributed by atoms with Crippen molar-refractivity contribution in [1.29, 1.82) is 0 Å². The van der Waals surface area contributed by atoms with Gasteiger partial charge in [-0.05, 0) is 63.1 Å². The van der Waals surface area contributed by atoms with Gasteiger partial charge in [0.2, 0.25) is 11.8 Å². The highest BCUT2D eigenvalue weighted by Gasteiger charge is 2.32. The third-order valence-corrected chi connectivity index (χ3v) is 8.72. The molecule has 0 aliphatic heterocycles. The van der Waals surface area contributed by atoms with Crippen LogP contribution in [0.4, 0.5) is 5.69 Å². The number of benzene rings is 3. The van der Waals surface area contributed by atoms with E-state index in [2.05, 4.69) is 5.32 Å². The Morgan fingerprint density at radius 1 is 0.900 bits per heavy atom. The number of aryl methyl sites for hydroxylation is 2. The standard InChI is InChI=1S/C30H35Cl2N3O4S/c1-5-6-15-33-30(37)23(4)34(19-24-11-7-21(2)8-12-24)29(36)20-35(27-17-25(31)16-26(32)18-27)40(38,39)28-13-9-22(3)10-14-28/h7-14,16-18,23H,5-6,15,19-20H2,1-4H3,(H,33,37). The van der Waals surface area contributed by atoms with Crippen LogP contribution >= 0.6 is 23.2 Å². The van der Waals surface area contributed by atoms with Crippen molar-refractivity contribution in [3.63, 3.8) is 0 Å². The van der Waals surface area contributed by atoms with Crippen molar-refractivity contribution in [1.82, 2.24) is 10.2 Å². The van der Waals surface area contributed by atoms with E-state index in [9.17, 15) is 18.0 Å². The molecule has 0 heterocycles. The summed E-state index contributed by atoms with van der Waals surface area (Å²) in [6.45, 7) is 7.52. The monoisotopic (exact) mass is 603 g/mol. The van der Waals surface area contributed by atoms with Crippen LogP contribution in [-0.4, -0.2) is 44.3 Å². The van der Waals surface area contributed by atoms with Gasteiger partial charge in [0.05, 0.1) is 10.6 Å². The molecule has 0 fully saturated rings. The molecule has 0 radical (unpaired) electrons. The molecule has 3 aromatic rings. The molecule has 1 unspecified atom stereocenters. The Kier molecular flexibility index (Phi) is 11.0. The predicted molar refractivity (Wildman–Crippen MR) is 161 cm³/mol. The molecule has 214 valence electrons. The number of unbranched alkanes of at least 4 members (excludes halogenated alkanes) is 1. The summed E-state index contributed by atoms with van der Waals surface area (Å²) in [5, 5.41) is 3.32. The Morgan fingerprint density at radius 2 is 1.45 bits per heavy atom. The average Bonchev–Trinajstić information content (AvgIpc) is 2.90. The molecule has 0 aliphatic carbocycles. The molecule has 0 saturated carbocycles. The first-order valence-corrected chi connectivity index (χ1v) is 15.3. The SMILES string of the molecule is CCCCNC(=O)C(C)N(Cc1ccc(C)cc1)C(=O)CN(c1cc(Cl)cc(Cl)c1)S(=O)(=O)c1ccc(C)cc1. The number of nitrogens with zero attached hydrogens (tertiary/aromatic N) is 2. The lowest BCUT2D eigenvalue weighted by molar-refractivity contribution is -0.139. The van der Waals surface area contributed by atoms with Crippen LogP contribution < -0.4 is 9.62 Å². The number of carbonyl (C=O) groups is 2. The maximum Gasteiger partial charge on any atom is 0.264 e. The average molecular weight is 605 g/mol. The lowest BCUT2D eigenvalue weighted by Gasteiger charge is -2.32. The van der Waals surface area contributed by atoms with Gasteiger partial charge >= 0.3 is 0 Å². The van der Waals surface area contributed by atoms with Gasteiger partial charge in [-0.1, -0.05) is 84.1 Å². The number of rotatable bonds is 12. The molecule has 0 aliphatic rings. The first-order chi connectivity index (χ1) is 18.9. The van der Waals surface area contributed by atoms with E-state index in [1.54, 1.807) is 19.1 Å². The third kappa shape index (κ3) is 8.22. The summed E-state index contributed by atoms with van der Waals surface area (Å²) >= 11 is 12.5. The van der Waals surface area contributed by atoms with Crippen molar-refractivity contribution in [2.45, 2.75) is 58.0 Å². The Hall–Kier alpha value is -3.07. The third-order valence-electron chi connectivity index (χ3n) is 6.49. The number of amides is 2. The molecule has 3 rings (SSSR count). The van der Waals surface area contributed by atoms with Gasteiger partial charge in [-0.15, -0.1) is 0 Å². The lowest BCUT2D eigenvalue weighted by Crippen LogP contribution is -2.51. The lowest BCUT2D eigenvalue weighted by atomic mass is 10.1. The second kappa shape index (κ2) is 14.0. The van der Waals surface area contributed by atoms with Gasteiger partial charge in [0.15, 0.2) is 0 Å². The Bertz CT molecular complexity index is 1410. The van der Waals surface area contributed by atoms with Crippen molar-refractivity contribution in [2.24, 2.45) is 0 Å². The second-order valence-electron chi connectivity index (χ2n) is 9.78. The smallest absolute Gasteiger partial charge is 0.264 e. The van der Waals surface area contributed by atoms with Crippen LogP contribution in [0.25, 0.3) is 0 Å². The normalized spacial score (nSPS) is 12.1. The molecule has 40 heavy (non-hydrogen) atoms. The molecule has 1 atom stereocenters. The van der Waals surface area contributed by atoms with Crippen molar-refractivity contribution < 1.29 is 18.0 Å². The second-order valence-corrected chi connectivity index (χ2v) is 12.5. The van der Waals surface area contributed by atoms with Gasteiger partial charge in [0, 0.05) is 23.1 Å². The van der Waals surface area contributed by atoms with Gasteiger partial charge < -0.3 is 10.2 Å². The first-order valence-electron chi connectivity index (χ1n) is 13.1. The molecule has 0 saturated heterocycles. The van der Waals surface area contributed by atoms with Crippen LogP contribution in [0.15, 0.2) is 71.6 Å². The fraction of sp³-hybridized carbons (Fsp3) is 0.333. The summed E-state index contributed by atoms with van der Waals surface area (Å²) in [6, 6.07) is 17.5. The minimum atomic E-state index is -4.21. The van der Waals surface area contributed by atoms with E-state index in [0.717, 1.165) is 33.8 Å². The molecular weight excluding hydrogens is 569 g/mol. The number of hydrogen-bond donors (Lipinski definition) is 1. The van der Waals surface area contributed by atoms with Gasteiger partial charge in [0.1, 0.15) is 12.6 Å². The molecule has 0 spiro atoms. The highest BCUT2D eigenvalue weighted by atomic mass is 35.5. The summed E-state index contributed by atoms with van der Waals surface area (Å²) in [5.41, 5.74) is 2.90. The van der Waals surface area contributed by atoms with Gasteiger partial charge in [-0.25, -0.2) is 8.42 Å². The maximum absolute atomic E-state index is 13.9. The summed E-state index contributed by atoms with van der Waals surface area (Å²) in [7, 11) is -4.21. The van der Waals surface area contributed by atoms with Crippen LogP contribution in [0.2, 0.25) is 10.0 Å². The molecule has 2 amide bonds. The molecule has 0 aromatic heterocycles. The molecular formula is C30H35Cl2N3O4S. The van der Waals surface area contributed by atoms with Crippen molar-refractivity contribution in [3.05, 3.63) is 93.5 Å². The number of nitrogens with one attached hydrogen (secondary N) is 1. The largest absolute Gasteiger partial charge is 0.354 e.